The molecular formula is C9H11ClOS. The molecule has 0 saturated carbocycles. The van der Waals surface area contributed by atoms with Gasteiger partial charge < -0.3 is 4.74 Å². The molecule has 0 spiro atoms. The minimum absolute atomic E-state index is 0.810. The maximum absolute atomic E-state index is 5.96. The van der Waals surface area contributed by atoms with Gasteiger partial charge in [-0.15, -0.1) is 0 Å². The molecule has 0 unspecified atom stereocenters. The molecule has 0 aromatic heterocycles. The predicted octanol–water partition coefficient (Wildman–Crippen LogP) is 3.21. The van der Waals surface area contributed by atoms with Crippen molar-refractivity contribution in [1.29, 1.82) is 0 Å². The lowest BCUT2D eigenvalue weighted by molar-refractivity contribution is 0.414. The molecule has 0 aliphatic rings. The van der Waals surface area contributed by atoms with E-state index < -0.39 is 0 Å². The van der Waals surface area contributed by atoms with Gasteiger partial charge in [0.2, 0.25) is 0 Å². The number of ether oxygens (including phenoxy) is 1. The average Bonchev–Trinajstić information content (AvgIpc) is 2.09. The highest BCUT2D eigenvalue weighted by atomic mass is 35.5. The quantitative estimate of drug-likeness (QED) is 0.745. The van der Waals surface area contributed by atoms with Gasteiger partial charge in [-0.25, -0.2) is 0 Å². The number of hydrogen-bond acceptors (Lipinski definition) is 2. The third-order valence-corrected chi connectivity index (χ3v) is 2.52. The molecule has 0 heterocycles. The first-order chi connectivity index (χ1) is 5.77. The Morgan fingerprint density at radius 2 is 2.25 bits per heavy atom. The fraction of sp³-hybridized carbons (Fsp3) is 0.333. The van der Waals surface area contributed by atoms with Crippen molar-refractivity contribution < 1.29 is 4.74 Å². The second-order valence-electron chi connectivity index (χ2n) is 2.39. The lowest BCUT2D eigenvalue weighted by Crippen LogP contribution is -1.86. The van der Waals surface area contributed by atoms with Crippen LogP contribution in [0.3, 0.4) is 0 Å². The smallest absolute Gasteiger partial charge is 0.119 e. The third-order valence-electron chi connectivity index (χ3n) is 1.55. The third kappa shape index (κ3) is 2.32. The molecule has 0 N–H and O–H groups in total. The Hall–Kier alpha value is -0.340. The van der Waals surface area contributed by atoms with Crippen LogP contribution in [0.1, 0.15) is 5.56 Å². The maximum Gasteiger partial charge on any atom is 0.119 e. The van der Waals surface area contributed by atoms with Crippen LogP contribution in [0.25, 0.3) is 0 Å². The summed E-state index contributed by atoms with van der Waals surface area (Å²) in [5.74, 6) is 1.79. The number of hydrogen-bond donors (Lipinski definition) is 0. The summed E-state index contributed by atoms with van der Waals surface area (Å²) < 4.78 is 5.09. The van der Waals surface area contributed by atoms with Gasteiger partial charge >= 0.3 is 0 Å². The molecule has 0 bridgehead atoms. The first-order valence-electron chi connectivity index (χ1n) is 3.59. The van der Waals surface area contributed by atoms with Gasteiger partial charge in [-0.05, 0) is 30.0 Å². The van der Waals surface area contributed by atoms with E-state index in [4.69, 9.17) is 16.3 Å². The van der Waals surface area contributed by atoms with Gasteiger partial charge in [-0.2, -0.15) is 11.8 Å². The van der Waals surface area contributed by atoms with Crippen LogP contribution in [-0.2, 0) is 5.75 Å². The minimum Gasteiger partial charge on any atom is -0.497 e. The summed E-state index contributed by atoms with van der Waals surface area (Å²) in [6.45, 7) is 0. The zero-order valence-electron chi connectivity index (χ0n) is 7.13. The molecule has 0 saturated heterocycles. The maximum atomic E-state index is 5.96. The Morgan fingerprint density at radius 1 is 1.50 bits per heavy atom. The van der Waals surface area contributed by atoms with Crippen LogP contribution >= 0.6 is 23.4 Å². The van der Waals surface area contributed by atoms with Gasteiger partial charge in [0, 0.05) is 10.8 Å². The minimum atomic E-state index is 0.810. The van der Waals surface area contributed by atoms with Crippen LogP contribution < -0.4 is 4.74 Å². The van der Waals surface area contributed by atoms with Crippen molar-refractivity contribution in [2.75, 3.05) is 13.4 Å². The molecule has 0 fully saturated rings. The molecule has 12 heavy (non-hydrogen) atoms. The average molecular weight is 203 g/mol. The largest absolute Gasteiger partial charge is 0.497 e. The number of thioether (sulfide) groups is 1. The highest BCUT2D eigenvalue weighted by Crippen LogP contribution is 2.24. The second kappa shape index (κ2) is 4.63. The van der Waals surface area contributed by atoms with Gasteiger partial charge in [0.25, 0.3) is 0 Å². The summed E-state index contributed by atoms with van der Waals surface area (Å²) in [5.41, 5.74) is 1.13. The topological polar surface area (TPSA) is 9.23 Å². The number of benzene rings is 1. The summed E-state index contributed by atoms with van der Waals surface area (Å²) in [6.07, 6.45) is 2.05. The summed E-state index contributed by atoms with van der Waals surface area (Å²) in [5, 5.41) is 0.810. The molecule has 66 valence electrons. The molecule has 0 radical (unpaired) electrons. The first-order valence-corrected chi connectivity index (χ1v) is 5.36. The van der Waals surface area contributed by atoms with Crippen molar-refractivity contribution in [3.63, 3.8) is 0 Å². The summed E-state index contributed by atoms with van der Waals surface area (Å²) in [6, 6.07) is 5.71. The van der Waals surface area contributed by atoms with E-state index in [1.165, 1.54) is 0 Å². The van der Waals surface area contributed by atoms with Gasteiger partial charge in [0.1, 0.15) is 5.75 Å². The lowest BCUT2D eigenvalue weighted by Gasteiger charge is -2.04. The van der Waals surface area contributed by atoms with Crippen LogP contribution in [0.2, 0.25) is 5.02 Å². The van der Waals surface area contributed by atoms with Crippen LogP contribution in [0.15, 0.2) is 18.2 Å². The standard InChI is InChI=1S/C9H11ClOS/c1-11-8-3-4-9(10)7(5-8)6-12-2/h3-5H,6H2,1-2H3. The van der Waals surface area contributed by atoms with Crippen LogP contribution in [0, 0.1) is 0 Å². The van der Waals surface area contributed by atoms with E-state index in [-0.39, 0.29) is 0 Å². The van der Waals surface area contributed by atoms with Crippen LogP contribution in [0.4, 0.5) is 0 Å². The summed E-state index contributed by atoms with van der Waals surface area (Å²) in [4.78, 5) is 0. The normalized spacial score (nSPS) is 9.92. The van der Waals surface area contributed by atoms with Gasteiger partial charge in [0.15, 0.2) is 0 Å². The van der Waals surface area contributed by atoms with Crippen molar-refractivity contribution in [3.05, 3.63) is 28.8 Å². The van der Waals surface area contributed by atoms with Crippen LogP contribution in [0.5, 0.6) is 5.75 Å². The van der Waals surface area contributed by atoms with E-state index in [2.05, 4.69) is 6.26 Å². The van der Waals surface area contributed by atoms with E-state index in [9.17, 15) is 0 Å². The number of rotatable bonds is 3. The van der Waals surface area contributed by atoms with Gasteiger partial charge in [-0.1, -0.05) is 11.6 Å². The Kier molecular flexibility index (Phi) is 3.76. The van der Waals surface area contributed by atoms with Crippen molar-refractivity contribution in [1.82, 2.24) is 0 Å². The van der Waals surface area contributed by atoms with E-state index in [1.54, 1.807) is 18.9 Å². The van der Waals surface area contributed by atoms with Crippen molar-refractivity contribution in [3.8, 4) is 5.75 Å². The predicted molar refractivity (Wildman–Crippen MR) is 55.2 cm³/mol. The van der Waals surface area contributed by atoms with Gasteiger partial charge in [0.05, 0.1) is 7.11 Å². The van der Waals surface area contributed by atoms with Gasteiger partial charge in [-0.3, -0.25) is 0 Å². The lowest BCUT2D eigenvalue weighted by atomic mass is 10.2. The fourth-order valence-corrected chi connectivity index (χ4v) is 1.76. The van der Waals surface area contributed by atoms with Crippen molar-refractivity contribution >= 4 is 23.4 Å². The Bertz CT molecular complexity index is 263. The zero-order valence-corrected chi connectivity index (χ0v) is 8.71. The molecular weight excluding hydrogens is 192 g/mol. The Morgan fingerprint density at radius 3 is 2.83 bits per heavy atom. The Labute approximate surface area is 82.1 Å². The highest BCUT2D eigenvalue weighted by molar-refractivity contribution is 7.97. The molecule has 0 aliphatic heterocycles. The SMILES string of the molecule is COc1ccc(Cl)c(CSC)c1. The molecule has 1 nitrogen and oxygen atoms in total. The molecule has 3 heteroatoms. The fourth-order valence-electron chi connectivity index (χ4n) is 0.944. The van der Waals surface area contributed by atoms with Crippen molar-refractivity contribution in [2.45, 2.75) is 5.75 Å². The first kappa shape index (κ1) is 9.75. The number of methoxy groups -OCH3 is 1. The highest BCUT2D eigenvalue weighted by Gasteiger charge is 2.00. The molecule has 1 aromatic carbocycles. The summed E-state index contributed by atoms with van der Waals surface area (Å²) in [7, 11) is 1.66. The zero-order chi connectivity index (χ0) is 8.97. The second-order valence-corrected chi connectivity index (χ2v) is 3.66. The molecule has 0 amide bonds. The van der Waals surface area contributed by atoms with E-state index in [0.29, 0.717) is 0 Å². The van der Waals surface area contributed by atoms with Crippen molar-refractivity contribution in [2.24, 2.45) is 0 Å². The van der Waals surface area contributed by atoms with E-state index in [1.807, 2.05) is 18.2 Å². The molecule has 0 atom stereocenters. The Balaban J connectivity index is 2.91. The molecule has 1 aromatic rings. The molecule has 0 aliphatic carbocycles. The monoisotopic (exact) mass is 202 g/mol. The molecule has 1 rings (SSSR count). The summed E-state index contributed by atoms with van der Waals surface area (Å²) >= 11 is 7.71. The van der Waals surface area contributed by atoms with E-state index >= 15 is 0 Å². The van der Waals surface area contributed by atoms with E-state index in [0.717, 1.165) is 22.1 Å². The number of halogens is 1. The van der Waals surface area contributed by atoms with Crippen LogP contribution in [-0.4, -0.2) is 13.4 Å².